The van der Waals surface area contributed by atoms with Gasteiger partial charge in [-0.05, 0) is 25.0 Å². The predicted molar refractivity (Wildman–Crippen MR) is 49.5 cm³/mol. The average Bonchev–Trinajstić information content (AvgIpc) is 2.54. The van der Waals surface area contributed by atoms with E-state index in [9.17, 15) is 0 Å². The number of aryl methyl sites for hydroxylation is 1. The van der Waals surface area contributed by atoms with Gasteiger partial charge in [-0.2, -0.15) is 0 Å². The Morgan fingerprint density at radius 3 is 2.23 bits per heavy atom. The molecule has 0 atom stereocenters. The Hall–Kier alpha value is -0.800. The van der Waals surface area contributed by atoms with E-state index in [0.717, 1.165) is 30.8 Å². The maximum atomic E-state index is 8.65. The minimum atomic E-state index is 0.129. The highest BCUT2D eigenvalue weighted by Gasteiger charge is 2.00. The summed E-state index contributed by atoms with van der Waals surface area (Å²) < 4.78 is 5.43. The van der Waals surface area contributed by atoms with E-state index in [1.54, 1.807) is 0 Å². The first-order valence-corrected chi connectivity index (χ1v) is 4.66. The molecule has 0 aliphatic rings. The summed E-state index contributed by atoms with van der Waals surface area (Å²) in [4.78, 5) is 0. The van der Waals surface area contributed by atoms with E-state index in [2.05, 4.69) is 0 Å². The van der Waals surface area contributed by atoms with Gasteiger partial charge in [-0.1, -0.05) is 0 Å². The fourth-order valence-corrected chi connectivity index (χ4v) is 1.21. The third kappa shape index (κ3) is 3.61. The van der Waals surface area contributed by atoms with Crippen LogP contribution < -0.4 is 0 Å². The van der Waals surface area contributed by atoms with Crippen molar-refractivity contribution in [1.82, 2.24) is 0 Å². The van der Waals surface area contributed by atoms with Gasteiger partial charge in [-0.15, -0.1) is 0 Å². The number of aliphatic hydroxyl groups is 2. The molecule has 0 aliphatic carbocycles. The van der Waals surface area contributed by atoms with Crippen molar-refractivity contribution >= 4 is 0 Å². The summed E-state index contributed by atoms with van der Waals surface area (Å²) in [5.41, 5.74) is 0. The Morgan fingerprint density at radius 2 is 1.62 bits per heavy atom. The number of hydrogen-bond acceptors (Lipinski definition) is 3. The van der Waals surface area contributed by atoms with Gasteiger partial charge >= 0.3 is 0 Å². The van der Waals surface area contributed by atoms with Gasteiger partial charge in [-0.3, -0.25) is 0 Å². The van der Waals surface area contributed by atoms with Gasteiger partial charge in [0.1, 0.15) is 11.5 Å². The van der Waals surface area contributed by atoms with Gasteiger partial charge in [0.15, 0.2) is 0 Å². The number of hydrogen-bond donors (Lipinski definition) is 2. The van der Waals surface area contributed by atoms with Crippen molar-refractivity contribution in [2.24, 2.45) is 0 Å². The van der Waals surface area contributed by atoms with Crippen LogP contribution in [0.3, 0.4) is 0 Å². The molecule has 0 fully saturated rings. The molecule has 2 N–H and O–H groups in total. The van der Waals surface area contributed by atoms with Crippen LogP contribution >= 0.6 is 0 Å². The molecule has 1 heterocycles. The molecule has 0 bridgehead atoms. The smallest absolute Gasteiger partial charge is 0.106 e. The molecule has 0 aliphatic heterocycles. The Kier molecular flexibility index (Phi) is 4.57. The average molecular weight is 184 g/mol. The first-order chi connectivity index (χ1) is 6.36. The second-order valence-electron chi connectivity index (χ2n) is 3.02. The molecular weight excluding hydrogens is 168 g/mol. The molecule has 0 radical (unpaired) electrons. The zero-order valence-electron chi connectivity index (χ0n) is 7.70. The molecule has 0 saturated heterocycles. The third-order valence-corrected chi connectivity index (χ3v) is 1.91. The van der Waals surface area contributed by atoms with Crippen LogP contribution in [0.1, 0.15) is 24.4 Å². The van der Waals surface area contributed by atoms with Crippen LogP contribution in [0.15, 0.2) is 16.5 Å². The van der Waals surface area contributed by atoms with Gasteiger partial charge < -0.3 is 14.6 Å². The van der Waals surface area contributed by atoms with E-state index >= 15 is 0 Å². The zero-order valence-corrected chi connectivity index (χ0v) is 7.70. The molecular formula is C10H16O3. The van der Waals surface area contributed by atoms with Crippen LogP contribution in [0.25, 0.3) is 0 Å². The van der Waals surface area contributed by atoms with Crippen molar-refractivity contribution in [3.8, 4) is 0 Å². The summed E-state index contributed by atoms with van der Waals surface area (Å²) >= 11 is 0. The number of unbranched alkanes of at least 4 members (excludes halogenated alkanes) is 1. The van der Waals surface area contributed by atoms with E-state index in [4.69, 9.17) is 14.6 Å². The van der Waals surface area contributed by atoms with Crippen molar-refractivity contribution in [2.75, 3.05) is 13.2 Å². The Bertz CT molecular complexity index is 230. The standard InChI is InChI=1S/C10H16O3/c11-7-2-1-3-9-4-5-10(13-9)6-8-12/h4-5,11-12H,1-3,6-8H2. The SMILES string of the molecule is OCCCCc1ccc(CCO)o1. The lowest BCUT2D eigenvalue weighted by molar-refractivity contribution is 0.279. The van der Waals surface area contributed by atoms with Crippen LogP contribution in [-0.2, 0) is 12.8 Å². The van der Waals surface area contributed by atoms with Crippen molar-refractivity contribution in [2.45, 2.75) is 25.7 Å². The zero-order chi connectivity index (χ0) is 9.52. The first kappa shape index (κ1) is 10.3. The monoisotopic (exact) mass is 184 g/mol. The van der Waals surface area contributed by atoms with E-state index in [-0.39, 0.29) is 13.2 Å². The maximum Gasteiger partial charge on any atom is 0.106 e. The first-order valence-electron chi connectivity index (χ1n) is 4.66. The summed E-state index contributed by atoms with van der Waals surface area (Å²) in [5.74, 6) is 1.78. The van der Waals surface area contributed by atoms with E-state index in [1.807, 2.05) is 12.1 Å². The molecule has 74 valence electrons. The summed E-state index contributed by atoms with van der Waals surface area (Å²) in [7, 11) is 0. The highest BCUT2D eigenvalue weighted by atomic mass is 16.3. The maximum absolute atomic E-state index is 8.65. The largest absolute Gasteiger partial charge is 0.466 e. The second kappa shape index (κ2) is 5.78. The lowest BCUT2D eigenvalue weighted by Gasteiger charge is -1.95. The highest BCUT2D eigenvalue weighted by Crippen LogP contribution is 2.11. The van der Waals surface area contributed by atoms with Gasteiger partial charge in [0.25, 0.3) is 0 Å². The highest BCUT2D eigenvalue weighted by molar-refractivity contribution is 5.07. The van der Waals surface area contributed by atoms with E-state index in [1.165, 1.54) is 0 Å². The predicted octanol–water partition coefficient (Wildman–Crippen LogP) is 1.13. The summed E-state index contributed by atoms with van der Waals surface area (Å²) in [6.45, 7) is 0.369. The minimum absolute atomic E-state index is 0.129. The molecule has 1 rings (SSSR count). The number of furan rings is 1. The summed E-state index contributed by atoms with van der Waals surface area (Å²) in [5, 5.41) is 17.2. The van der Waals surface area contributed by atoms with Crippen LogP contribution in [0.5, 0.6) is 0 Å². The van der Waals surface area contributed by atoms with E-state index in [0.29, 0.717) is 6.42 Å². The molecule has 3 heteroatoms. The topological polar surface area (TPSA) is 53.6 Å². The van der Waals surface area contributed by atoms with Crippen molar-refractivity contribution in [3.05, 3.63) is 23.7 Å². The molecule has 0 spiro atoms. The van der Waals surface area contributed by atoms with E-state index < -0.39 is 0 Å². The summed E-state index contributed by atoms with van der Waals surface area (Å²) in [6, 6.07) is 3.83. The minimum Gasteiger partial charge on any atom is -0.466 e. The van der Waals surface area contributed by atoms with Gasteiger partial charge in [0, 0.05) is 19.4 Å². The molecule has 13 heavy (non-hydrogen) atoms. The Morgan fingerprint density at radius 1 is 0.923 bits per heavy atom. The van der Waals surface area contributed by atoms with Gasteiger partial charge in [0.2, 0.25) is 0 Å². The summed E-state index contributed by atoms with van der Waals surface area (Å²) in [6.07, 6.45) is 3.21. The fourth-order valence-electron chi connectivity index (χ4n) is 1.21. The van der Waals surface area contributed by atoms with Crippen molar-refractivity contribution in [1.29, 1.82) is 0 Å². The lowest BCUT2D eigenvalue weighted by atomic mass is 10.2. The van der Waals surface area contributed by atoms with Crippen LogP contribution in [0.4, 0.5) is 0 Å². The molecule has 0 saturated carbocycles. The van der Waals surface area contributed by atoms with Crippen molar-refractivity contribution < 1.29 is 14.6 Å². The van der Waals surface area contributed by atoms with Crippen LogP contribution in [-0.4, -0.2) is 23.4 Å². The van der Waals surface area contributed by atoms with Crippen LogP contribution in [0, 0.1) is 0 Å². The lowest BCUT2D eigenvalue weighted by Crippen LogP contribution is -1.88. The molecule has 1 aromatic heterocycles. The quantitative estimate of drug-likeness (QED) is 0.651. The number of aliphatic hydroxyl groups excluding tert-OH is 2. The molecule has 0 aromatic carbocycles. The van der Waals surface area contributed by atoms with Gasteiger partial charge in [-0.25, -0.2) is 0 Å². The third-order valence-electron chi connectivity index (χ3n) is 1.91. The fraction of sp³-hybridized carbons (Fsp3) is 0.600. The Balaban J connectivity index is 2.31. The van der Waals surface area contributed by atoms with Gasteiger partial charge in [0.05, 0.1) is 6.61 Å². The van der Waals surface area contributed by atoms with Crippen LogP contribution in [0.2, 0.25) is 0 Å². The number of rotatable bonds is 6. The molecule has 1 aromatic rings. The molecule has 3 nitrogen and oxygen atoms in total. The normalized spacial score (nSPS) is 10.6. The Labute approximate surface area is 78.0 Å². The van der Waals surface area contributed by atoms with Crippen molar-refractivity contribution in [3.63, 3.8) is 0 Å². The second-order valence-corrected chi connectivity index (χ2v) is 3.02. The molecule has 0 unspecified atom stereocenters. The molecule has 0 amide bonds.